The summed E-state index contributed by atoms with van der Waals surface area (Å²) in [5, 5.41) is 12.6. The zero-order valence-corrected chi connectivity index (χ0v) is 13.9. The number of benzene rings is 1. The third kappa shape index (κ3) is 5.18. The predicted molar refractivity (Wildman–Crippen MR) is 90.4 cm³/mol. The first-order valence-corrected chi connectivity index (χ1v) is 7.35. The molecule has 0 bridgehead atoms. The number of carbonyl (C=O) groups excluding carboxylic acids is 1. The molecule has 2 aromatic rings. The van der Waals surface area contributed by atoms with E-state index in [4.69, 9.17) is 26.2 Å². The number of carboxylic acid groups (broad SMARTS) is 1. The molecule has 0 fully saturated rings. The number of nitrogens with one attached hydrogen (secondary N) is 1. The van der Waals surface area contributed by atoms with Crippen molar-refractivity contribution >= 4 is 29.7 Å². The molecular formula is C16H14ClN3O5. The van der Waals surface area contributed by atoms with E-state index in [1.807, 2.05) is 0 Å². The molecule has 8 nitrogen and oxygen atoms in total. The molecule has 1 heterocycles. The third-order valence-corrected chi connectivity index (χ3v) is 3.22. The summed E-state index contributed by atoms with van der Waals surface area (Å²) in [6.07, 6.45) is 2.87. The van der Waals surface area contributed by atoms with Gasteiger partial charge in [0.2, 0.25) is 0 Å². The smallest absolute Gasteiger partial charge is 0.341 e. The fraction of sp³-hybridized carbons (Fsp3) is 0.125. The number of aliphatic carboxylic acids is 1. The van der Waals surface area contributed by atoms with Gasteiger partial charge in [-0.2, -0.15) is 5.10 Å². The Balaban J connectivity index is 2.04. The van der Waals surface area contributed by atoms with Crippen molar-refractivity contribution in [1.29, 1.82) is 0 Å². The zero-order valence-electron chi connectivity index (χ0n) is 13.1. The average Bonchev–Trinajstić information content (AvgIpc) is 2.60. The largest absolute Gasteiger partial charge is 0.493 e. The van der Waals surface area contributed by atoms with Crippen molar-refractivity contribution in [2.45, 2.75) is 0 Å². The van der Waals surface area contributed by atoms with Crippen LogP contribution in [-0.4, -0.2) is 41.9 Å². The molecule has 0 spiro atoms. The van der Waals surface area contributed by atoms with E-state index < -0.39 is 18.5 Å². The zero-order chi connectivity index (χ0) is 18.2. The van der Waals surface area contributed by atoms with Gasteiger partial charge >= 0.3 is 5.97 Å². The van der Waals surface area contributed by atoms with Gasteiger partial charge in [0.05, 0.1) is 18.9 Å². The molecule has 1 amide bonds. The summed E-state index contributed by atoms with van der Waals surface area (Å²) in [5.41, 5.74) is 3.15. The van der Waals surface area contributed by atoms with E-state index >= 15 is 0 Å². The Bertz CT molecular complexity index is 810. The molecular weight excluding hydrogens is 350 g/mol. The second-order valence-electron chi connectivity index (χ2n) is 4.63. The van der Waals surface area contributed by atoms with Crippen molar-refractivity contribution in [2.75, 3.05) is 13.7 Å². The molecule has 1 aromatic heterocycles. The van der Waals surface area contributed by atoms with E-state index in [-0.39, 0.29) is 16.5 Å². The van der Waals surface area contributed by atoms with E-state index in [0.717, 1.165) is 0 Å². The van der Waals surface area contributed by atoms with Crippen LogP contribution in [0.15, 0.2) is 41.6 Å². The molecule has 0 saturated carbocycles. The molecule has 2 rings (SSSR count). The van der Waals surface area contributed by atoms with Gasteiger partial charge in [0.25, 0.3) is 5.91 Å². The molecule has 9 heteroatoms. The Morgan fingerprint density at radius 2 is 2.16 bits per heavy atom. The number of hydrogen-bond acceptors (Lipinski definition) is 6. The first-order valence-electron chi connectivity index (χ1n) is 6.98. The van der Waals surface area contributed by atoms with Crippen molar-refractivity contribution in [1.82, 2.24) is 10.4 Å². The van der Waals surface area contributed by atoms with Crippen LogP contribution in [0.1, 0.15) is 15.9 Å². The number of halogens is 1. The van der Waals surface area contributed by atoms with Gasteiger partial charge in [-0.05, 0) is 35.9 Å². The quantitative estimate of drug-likeness (QED) is 0.442. The van der Waals surface area contributed by atoms with Crippen molar-refractivity contribution in [2.24, 2.45) is 5.10 Å². The van der Waals surface area contributed by atoms with Crippen molar-refractivity contribution < 1.29 is 24.2 Å². The number of carbonyl (C=O) groups is 2. The van der Waals surface area contributed by atoms with Gasteiger partial charge in [-0.1, -0.05) is 11.6 Å². The minimum absolute atomic E-state index is 0.0804. The Kier molecular flexibility index (Phi) is 6.30. The summed E-state index contributed by atoms with van der Waals surface area (Å²) in [4.78, 5) is 26.3. The van der Waals surface area contributed by atoms with Gasteiger partial charge in [0.15, 0.2) is 18.1 Å². The number of aromatic nitrogens is 1. The Labute approximate surface area is 148 Å². The summed E-state index contributed by atoms with van der Waals surface area (Å²) < 4.78 is 10.2. The normalized spacial score (nSPS) is 10.5. The van der Waals surface area contributed by atoms with Gasteiger partial charge in [-0.25, -0.2) is 15.2 Å². The lowest BCUT2D eigenvalue weighted by atomic mass is 10.2. The van der Waals surface area contributed by atoms with Crippen molar-refractivity contribution in [3.8, 4) is 11.5 Å². The number of amides is 1. The fourth-order valence-electron chi connectivity index (χ4n) is 1.80. The topological polar surface area (TPSA) is 110 Å². The maximum absolute atomic E-state index is 11.9. The third-order valence-electron chi connectivity index (χ3n) is 2.92. The molecule has 0 aliphatic heterocycles. The van der Waals surface area contributed by atoms with Gasteiger partial charge in [-0.3, -0.25) is 4.79 Å². The maximum atomic E-state index is 11.9. The highest BCUT2D eigenvalue weighted by Gasteiger charge is 2.10. The summed E-state index contributed by atoms with van der Waals surface area (Å²) in [6.45, 7) is -0.480. The lowest BCUT2D eigenvalue weighted by Crippen LogP contribution is -2.18. The summed E-state index contributed by atoms with van der Waals surface area (Å²) in [7, 11) is 1.43. The van der Waals surface area contributed by atoms with E-state index in [1.165, 1.54) is 25.6 Å². The molecule has 0 aliphatic rings. The second-order valence-corrected chi connectivity index (χ2v) is 4.99. The van der Waals surface area contributed by atoms with Crippen LogP contribution in [0.2, 0.25) is 5.15 Å². The van der Waals surface area contributed by atoms with Gasteiger partial charge in [0.1, 0.15) is 5.15 Å². The summed E-state index contributed by atoms with van der Waals surface area (Å²) >= 11 is 5.83. The number of pyridine rings is 1. The molecule has 0 saturated heterocycles. The number of methoxy groups -OCH3 is 1. The van der Waals surface area contributed by atoms with E-state index in [9.17, 15) is 9.59 Å². The van der Waals surface area contributed by atoms with Crippen molar-refractivity contribution in [3.63, 3.8) is 0 Å². The monoisotopic (exact) mass is 363 g/mol. The average molecular weight is 364 g/mol. The van der Waals surface area contributed by atoms with Gasteiger partial charge < -0.3 is 14.6 Å². The van der Waals surface area contributed by atoms with Crippen LogP contribution in [-0.2, 0) is 4.79 Å². The molecule has 0 unspecified atom stereocenters. The van der Waals surface area contributed by atoms with Crippen LogP contribution in [0.5, 0.6) is 11.5 Å². The van der Waals surface area contributed by atoms with E-state index in [1.54, 1.807) is 24.3 Å². The summed E-state index contributed by atoms with van der Waals surface area (Å²) in [5.74, 6) is -0.966. The fourth-order valence-corrected chi connectivity index (χ4v) is 2.01. The van der Waals surface area contributed by atoms with E-state index in [0.29, 0.717) is 11.3 Å². The first kappa shape index (κ1) is 18.2. The van der Waals surface area contributed by atoms with Crippen LogP contribution in [0, 0.1) is 0 Å². The van der Waals surface area contributed by atoms with Crippen LogP contribution in [0.4, 0.5) is 0 Å². The summed E-state index contributed by atoms with van der Waals surface area (Å²) in [6, 6.07) is 7.88. The van der Waals surface area contributed by atoms with Gasteiger partial charge in [0, 0.05) is 6.20 Å². The van der Waals surface area contributed by atoms with Crippen LogP contribution in [0.25, 0.3) is 0 Å². The first-order chi connectivity index (χ1) is 12.0. The van der Waals surface area contributed by atoms with Crippen LogP contribution >= 0.6 is 11.6 Å². The minimum atomic E-state index is -1.09. The number of hydrogen-bond donors (Lipinski definition) is 2. The lowest BCUT2D eigenvalue weighted by molar-refractivity contribution is -0.139. The van der Waals surface area contributed by atoms with Crippen LogP contribution in [0.3, 0.4) is 0 Å². The molecule has 1 aromatic carbocycles. The number of rotatable bonds is 7. The van der Waals surface area contributed by atoms with Crippen LogP contribution < -0.4 is 14.9 Å². The second kappa shape index (κ2) is 8.65. The van der Waals surface area contributed by atoms with Gasteiger partial charge in [-0.15, -0.1) is 0 Å². The highest BCUT2D eigenvalue weighted by atomic mass is 35.5. The Hall–Kier alpha value is -3.13. The highest BCUT2D eigenvalue weighted by molar-refractivity contribution is 6.32. The number of ether oxygens (including phenoxy) is 2. The highest BCUT2D eigenvalue weighted by Crippen LogP contribution is 2.27. The Morgan fingerprint density at radius 1 is 1.36 bits per heavy atom. The number of carboxylic acids is 1. The SMILES string of the molecule is COc1cc(C=NNC(=O)c2cccnc2Cl)ccc1OCC(=O)O. The molecule has 0 radical (unpaired) electrons. The molecule has 2 N–H and O–H groups in total. The minimum Gasteiger partial charge on any atom is -0.493 e. The maximum Gasteiger partial charge on any atom is 0.341 e. The number of nitrogens with zero attached hydrogens (tertiary/aromatic N) is 2. The molecule has 0 aliphatic carbocycles. The molecule has 0 atom stereocenters. The van der Waals surface area contributed by atoms with Crippen molar-refractivity contribution in [3.05, 3.63) is 52.8 Å². The lowest BCUT2D eigenvalue weighted by Gasteiger charge is -2.09. The molecule has 130 valence electrons. The standard InChI is InChI=1S/C16H14ClN3O5/c1-24-13-7-10(4-5-12(13)25-9-14(21)22)8-19-20-16(23)11-3-2-6-18-15(11)17/h2-8H,9H2,1H3,(H,20,23)(H,21,22). The van der Waals surface area contributed by atoms with E-state index in [2.05, 4.69) is 15.5 Å². The Morgan fingerprint density at radius 3 is 2.84 bits per heavy atom. The number of hydrazone groups is 1. The predicted octanol–water partition coefficient (Wildman–Crippen LogP) is 1.97. The molecule has 25 heavy (non-hydrogen) atoms.